The number of rotatable bonds is 2. The molecule has 2 rings (SSSR count). The summed E-state index contributed by atoms with van der Waals surface area (Å²) >= 11 is 1.41. The number of nitrogen functional groups attached to an aromatic ring is 1. The Bertz CT molecular complexity index is 428. The maximum atomic E-state index is 12.1. The van der Waals surface area contributed by atoms with Gasteiger partial charge in [0.2, 0.25) is 0 Å². The fraction of sp³-hybridized carbons (Fsp3) is 0.583. The molecule has 0 atom stereocenters. The molecule has 1 aliphatic rings. The van der Waals surface area contributed by atoms with Crippen LogP contribution in [0.15, 0.2) is 6.07 Å². The summed E-state index contributed by atoms with van der Waals surface area (Å²) in [6.07, 6.45) is 0. The summed E-state index contributed by atoms with van der Waals surface area (Å²) in [7, 11) is 0. The van der Waals surface area contributed by atoms with Crippen molar-refractivity contribution in [1.82, 2.24) is 4.90 Å². The summed E-state index contributed by atoms with van der Waals surface area (Å²) in [6, 6.07) is 1.72. The molecule has 17 heavy (non-hydrogen) atoms. The van der Waals surface area contributed by atoms with Crippen LogP contribution in [0.5, 0.6) is 0 Å². The van der Waals surface area contributed by atoms with Gasteiger partial charge in [-0.05, 0) is 18.9 Å². The predicted molar refractivity (Wildman–Crippen MR) is 69.2 cm³/mol. The Hall–Kier alpha value is -1.07. The third-order valence-electron chi connectivity index (χ3n) is 3.46. The van der Waals surface area contributed by atoms with E-state index in [4.69, 9.17) is 5.73 Å². The van der Waals surface area contributed by atoms with E-state index in [1.165, 1.54) is 11.3 Å². The number of aryl methyl sites for hydroxylation is 1. The minimum atomic E-state index is -0.715. The van der Waals surface area contributed by atoms with E-state index in [0.717, 1.165) is 4.88 Å². The van der Waals surface area contributed by atoms with Crippen LogP contribution in [0, 0.1) is 12.8 Å². The Morgan fingerprint density at radius 2 is 2.18 bits per heavy atom. The zero-order chi connectivity index (χ0) is 12.8. The number of β-amino-alcohol motifs (C(OH)–C–C–N with tert-alkyl or cyclic N) is 1. The third-order valence-corrected chi connectivity index (χ3v) is 4.51. The Balaban J connectivity index is 2.05. The molecule has 4 nitrogen and oxygen atoms in total. The highest BCUT2D eigenvalue weighted by Crippen LogP contribution is 2.32. The molecule has 3 N–H and O–H groups in total. The first-order valence-corrected chi connectivity index (χ1v) is 6.53. The summed E-state index contributed by atoms with van der Waals surface area (Å²) in [5.41, 5.74) is 5.68. The molecule has 0 spiro atoms. The molecule has 0 aromatic carbocycles. The van der Waals surface area contributed by atoms with Crippen molar-refractivity contribution < 1.29 is 9.90 Å². The zero-order valence-corrected chi connectivity index (χ0v) is 11.2. The van der Waals surface area contributed by atoms with Crippen LogP contribution in [0.4, 0.5) is 5.69 Å². The number of hydrogen-bond acceptors (Lipinski definition) is 4. The maximum absolute atomic E-state index is 12.1. The standard InChI is InChI=1S/C12H18N2O2S/c1-7(2)12(16)5-14(6-12)11(15)10-4-9(13)8(3)17-10/h4,7,16H,5-6,13H2,1-3H3. The molecule has 1 fully saturated rings. The molecule has 1 saturated heterocycles. The first-order valence-electron chi connectivity index (χ1n) is 5.71. The van der Waals surface area contributed by atoms with Gasteiger partial charge in [0.15, 0.2) is 0 Å². The van der Waals surface area contributed by atoms with Gasteiger partial charge >= 0.3 is 0 Å². The van der Waals surface area contributed by atoms with Crippen molar-refractivity contribution in [3.63, 3.8) is 0 Å². The van der Waals surface area contributed by atoms with Gasteiger partial charge in [0.1, 0.15) is 5.60 Å². The summed E-state index contributed by atoms with van der Waals surface area (Å²) in [5.74, 6) is 0.141. The Kier molecular flexibility index (Phi) is 2.91. The average Bonchev–Trinajstić information content (AvgIpc) is 2.53. The highest BCUT2D eigenvalue weighted by molar-refractivity contribution is 7.14. The fourth-order valence-corrected chi connectivity index (χ4v) is 2.79. The third kappa shape index (κ3) is 2.05. The summed E-state index contributed by atoms with van der Waals surface area (Å²) < 4.78 is 0. The van der Waals surface area contributed by atoms with Crippen LogP contribution in [0.2, 0.25) is 0 Å². The monoisotopic (exact) mass is 254 g/mol. The quantitative estimate of drug-likeness (QED) is 0.840. The number of hydrogen-bond donors (Lipinski definition) is 2. The average molecular weight is 254 g/mol. The molecule has 2 heterocycles. The van der Waals surface area contributed by atoms with Gasteiger partial charge in [-0.3, -0.25) is 4.79 Å². The van der Waals surface area contributed by atoms with Crippen LogP contribution in [0.1, 0.15) is 28.4 Å². The van der Waals surface area contributed by atoms with Gasteiger partial charge in [-0.2, -0.15) is 0 Å². The molecule has 0 radical (unpaired) electrons. The second kappa shape index (κ2) is 3.99. The lowest BCUT2D eigenvalue weighted by Gasteiger charge is -2.48. The number of amides is 1. The van der Waals surface area contributed by atoms with Gasteiger partial charge in [-0.25, -0.2) is 0 Å². The van der Waals surface area contributed by atoms with Crippen molar-refractivity contribution in [2.45, 2.75) is 26.4 Å². The SMILES string of the molecule is Cc1sc(C(=O)N2CC(O)(C(C)C)C2)cc1N. The lowest BCUT2D eigenvalue weighted by Crippen LogP contribution is -2.65. The van der Waals surface area contributed by atoms with E-state index in [9.17, 15) is 9.90 Å². The molecule has 0 saturated carbocycles. The van der Waals surface area contributed by atoms with Gasteiger partial charge < -0.3 is 15.7 Å². The van der Waals surface area contributed by atoms with Gasteiger partial charge in [0.25, 0.3) is 5.91 Å². The van der Waals surface area contributed by atoms with E-state index in [-0.39, 0.29) is 11.8 Å². The second-order valence-corrected chi connectivity index (χ2v) is 6.30. The zero-order valence-electron chi connectivity index (χ0n) is 10.4. The molecular formula is C12H18N2O2S. The van der Waals surface area contributed by atoms with Crippen LogP contribution in [0.25, 0.3) is 0 Å². The van der Waals surface area contributed by atoms with Gasteiger partial charge in [-0.15, -0.1) is 11.3 Å². The van der Waals surface area contributed by atoms with Gasteiger partial charge in [-0.1, -0.05) is 13.8 Å². The first kappa shape index (κ1) is 12.4. The lowest BCUT2D eigenvalue weighted by molar-refractivity contribution is -0.110. The minimum absolute atomic E-state index is 0.0277. The van der Waals surface area contributed by atoms with Crippen LogP contribution < -0.4 is 5.73 Å². The van der Waals surface area contributed by atoms with Gasteiger partial charge in [0.05, 0.1) is 18.0 Å². The fourth-order valence-electron chi connectivity index (χ4n) is 1.88. The van der Waals surface area contributed by atoms with Crippen molar-refractivity contribution in [3.8, 4) is 0 Å². The first-order chi connectivity index (χ1) is 7.83. The Morgan fingerprint density at radius 3 is 2.59 bits per heavy atom. The molecule has 1 amide bonds. The lowest BCUT2D eigenvalue weighted by atomic mass is 9.83. The van der Waals surface area contributed by atoms with E-state index in [1.54, 1.807) is 11.0 Å². The van der Waals surface area contributed by atoms with Crippen molar-refractivity contribution in [2.24, 2.45) is 5.92 Å². The van der Waals surface area contributed by atoms with Crippen molar-refractivity contribution in [1.29, 1.82) is 0 Å². The van der Waals surface area contributed by atoms with E-state index in [2.05, 4.69) is 0 Å². The predicted octanol–water partition coefficient (Wildman–Crippen LogP) is 1.48. The van der Waals surface area contributed by atoms with Crippen LogP contribution >= 0.6 is 11.3 Å². The molecule has 0 bridgehead atoms. The molecule has 0 unspecified atom stereocenters. The number of carbonyl (C=O) groups excluding carboxylic acids is 1. The molecule has 5 heteroatoms. The Labute approximate surface area is 105 Å². The minimum Gasteiger partial charge on any atom is -0.398 e. The number of thiophene rings is 1. The Morgan fingerprint density at radius 1 is 1.59 bits per heavy atom. The second-order valence-electron chi connectivity index (χ2n) is 5.04. The van der Waals surface area contributed by atoms with Crippen LogP contribution in [-0.4, -0.2) is 34.6 Å². The number of nitrogens with two attached hydrogens (primary N) is 1. The maximum Gasteiger partial charge on any atom is 0.264 e. The van der Waals surface area contributed by atoms with Crippen molar-refractivity contribution in [2.75, 3.05) is 18.8 Å². The van der Waals surface area contributed by atoms with E-state index < -0.39 is 5.60 Å². The molecule has 0 aliphatic carbocycles. The highest BCUT2D eigenvalue weighted by atomic mass is 32.1. The number of aliphatic hydroxyl groups is 1. The van der Waals surface area contributed by atoms with Crippen LogP contribution in [-0.2, 0) is 0 Å². The van der Waals surface area contributed by atoms with Gasteiger partial charge in [0, 0.05) is 10.6 Å². The summed E-state index contributed by atoms with van der Waals surface area (Å²) in [6.45, 7) is 6.67. The molecular weight excluding hydrogens is 236 g/mol. The molecule has 1 aromatic heterocycles. The largest absolute Gasteiger partial charge is 0.398 e. The number of likely N-dealkylation sites (tertiary alicyclic amines) is 1. The highest BCUT2D eigenvalue weighted by Gasteiger charge is 2.46. The summed E-state index contributed by atoms with van der Waals surface area (Å²) in [4.78, 5) is 15.4. The normalized spacial score (nSPS) is 18.3. The number of anilines is 1. The number of carbonyl (C=O) groups is 1. The van der Waals surface area contributed by atoms with E-state index in [0.29, 0.717) is 23.7 Å². The smallest absolute Gasteiger partial charge is 0.264 e. The van der Waals surface area contributed by atoms with E-state index in [1.807, 2.05) is 20.8 Å². The topological polar surface area (TPSA) is 66.6 Å². The molecule has 1 aromatic rings. The van der Waals surface area contributed by atoms with Crippen LogP contribution in [0.3, 0.4) is 0 Å². The summed E-state index contributed by atoms with van der Waals surface area (Å²) in [5, 5.41) is 10.1. The molecule has 1 aliphatic heterocycles. The molecule has 94 valence electrons. The van der Waals surface area contributed by atoms with Crippen molar-refractivity contribution in [3.05, 3.63) is 15.8 Å². The number of nitrogens with zero attached hydrogens (tertiary/aromatic N) is 1. The van der Waals surface area contributed by atoms with Crippen molar-refractivity contribution >= 4 is 22.9 Å². The van der Waals surface area contributed by atoms with E-state index >= 15 is 0 Å².